The van der Waals surface area contributed by atoms with E-state index in [4.69, 9.17) is 6.42 Å². The van der Waals surface area contributed by atoms with Crippen molar-refractivity contribution < 1.29 is 0 Å². The van der Waals surface area contributed by atoms with E-state index in [2.05, 4.69) is 149 Å². The fourth-order valence-electron chi connectivity index (χ4n) is 7.20. The summed E-state index contributed by atoms with van der Waals surface area (Å²) in [5, 5.41) is 13.6. The van der Waals surface area contributed by atoms with Crippen molar-refractivity contribution in [2.24, 2.45) is 0 Å². The fraction of sp³-hybridized carbons (Fsp3) is 0.0682. The lowest BCUT2D eigenvalue weighted by Crippen LogP contribution is -2.05. The minimum Gasteiger partial charge on any atom is -0.309 e. The van der Waals surface area contributed by atoms with E-state index >= 15 is 0 Å². The summed E-state index contributed by atoms with van der Waals surface area (Å²) in [6.45, 7) is 2.13. The number of hydrogen-bond acceptors (Lipinski definition) is 1. The molecule has 2 aromatic heterocycles. The Hall–Kier alpha value is -6.29. The first-order chi connectivity index (χ1) is 23.2. The van der Waals surface area contributed by atoms with Gasteiger partial charge in [-0.3, -0.25) is 0 Å². The van der Waals surface area contributed by atoms with Crippen molar-refractivity contribution >= 4 is 44.4 Å². The summed E-state index contributed by atoms with van der Waals surface area (Å²) in [6, 6.07) is 42.9. The number of fused-ring (bicyclic) bond motifs is 4. The predicted molar refractivity (Wildman–Crippen MR) is 196 cm³/mol. The molecule has 3 nitrogen and oxygen atoms in total. The number of hydrogen-bond donors (Lipinski definition) is 0. The first kappa shape index (κ1) is 28.2. The molecule has 0 saturated heterocycles. The van der Waals surface area contributed by atoms with Gasteiger partial charge < -0.3 is 9.13 Å². The number of benzene rings is 5. The Bertz CT molecular complexity index is 2480. The fourth-order valence-corrected chi connectivity index (χ4v) is 7.20. The van der Waals surface area contributed by atoms with E-state index in [1.165, 1.54) is 33.1 Å². The highest BCUT2D eigenvalue weighted by atomic mass is 15.0. The van der Waals surface area contributed by atoms with E-state index in [0.717, 1.165) is 45.4 Å². The Morgan fingerprint density at radius 3 is 2.11 bits per heavy atom. The summed E-state index contributed by atoms with van der Waals surface area (Å²) < 4.78 is 4.62. The third kappa shape index (κ3) is 4.69. The molecule has 0 spiro atoms. The van der Waals surface area contributed by atoms with Crippen LogP contribution in [-0.2, 0) is 0 Å². The number of aryl methyl sites for hydroxylation is 1. The SMILES string of the molecule is C#C/C=C\c1c(C)c2ccccc2n1-c1cc(C#N)ccc1C1=CCC(c2cccc(-n3c4ccccc4c4ccccc43)c2)C=C1. The monoisotopic (exact) mass is 601 g/mol. The van der Waals surface area contributed by atoms with Crippen molar-refractivity contribution in [1.82, 2.24) is 9.13 Å². The molecule has 2 heterocycles. The van der Waals surface area contributed by atoms with Gasteiger partial charge in [0.2, 0.25) is 0 Å². The maximum absolute atomic E-state index is 9.88. The zero-order valence-electron chi connectivity index (χ0n) is 26.1. The lowest BCUT2D eigenvalue weighted by molar-refractivity contribution is 0.854. The molecule has 1 aliphatic carbocycles. The van der Waals surface area contributed by atoms with E-state index in [9.17, 15) is 5.26 Å². The van der Waals surface area contributed by atoms with Gasteiger partial charge >= 0.3 is 0 Å². The van der Waals surface area contributed by atoms with Crippen LogP contribution in [0.3, 0.4) is 0 Å². The molecule has 0 fully saturated rings. The number of terminal acetylenes is 1. The second kappa shape index (κ2) is 11.6. The normalized spacial score (nSPS) is 14.5. The summed E-state index contributed by atoms with van der Waals surface area (Å²) in [6.07, 6.45) is 17.1. The van der Waals surface area contributed by atoms with E-state index < -0.39 is 0 Å². The zero-order valence-corrected chi connectivity index (χ0v) is 26.1. The summed E-state index contributed by atoms with van der Waals surface area (Å²) in [7, 11) is 0. The summed E-state index contributed by atoms with van der Waals surface area (Å²) in [5.74, 6) is 2.89. The third-order valence-corrected chi connectivity index (χ3v) is 9.43. The topological polar surface area (TPSA) is 33.6 Å². The zero-order chi connectivity index (χ0) is 31.9. The van der Waals surface area contributed by atoms with Crippen LogP contribution in [0, 0.1) is 30.6 Å². The van der Waals surface area contributed by atoms with Gasteiger partial charge in [-0.15, -0.1) is 6.42 Å². The first-order valence-electron chi connectivity index (χ1n) is 15.9. The molecule has 8 rings (SSSR count). The van der Waals surface area contributed by atoms with Gasteiger partial charge in [-0.05, 0) is 84.7 Å². The minimum absolute atomic E-state index is 0.248. The molecule has 1 atom stereocenters. The highest BCUT2D eigenvalue weighted by Gasteiger charge is 2.20. The molecule has 1 unspecified atom stereocenters. The molecule has 0 radical (unpaired) electrons. The van der Waals surface area contributed by atoms with Crippen molar-refractivity contribution in [2.45, 2.75) is 19.3 Å². The van der Waals surface area contributed by atoms with Gasteiger partial charge in [-0.1, -0.05) is 96.9 Å². The van der Waals surface area contributed by atoms with Crippen LogP contribution in [0.25, 0.3) is 55.7 Å². The number of nitrogens with zero attached hydrogens (tertiary/aromatic N) is 3. The van der Waals surface area contributed by atoms with Gasteiger partial charge in [0.25, 0.3) is 0 Å². The van der Waals surface area contributed by atoms with Crippen LogP contribution in [-0.4, -0.2) is 9.13 Å². The van der Waals surface area contributed by atoms with Crippen LogP contribution < -0.4 is 0 Å². The molecule has 0 amide bonds. The van der Waals surface area contributed by atoms with Gasteiger partial charge in [0.15, 0.2) is 0 Å². The minimum atomic E-state index is 0.248. The van der Waals surface area contributed by atoms with E-state index in [1.807, 2.05) is 18.2 Å². The molecule has 47 heavy (non-hydrogen) atoms. The Labute approximate surface area is 274 Å². The Kier molecular flexibility index (Phi) is 6.94. The van der Waals surface area contributed by atoms with Gasteiger partial charge in [-0.25, -0.2) is 0 Å². The smallest absolute Gasteiger partial charge is 0.0992 e. The van der Waals surface area contributed by atoms with Gasteiger partial charge in [0.1, 0.15) is 0 Å². The number of aromatic nitrogens is 2. The van der Waals surface area contributed by atoms with Crippen molar-refractivity contribution in [2.75, 3.05) is 0 Å². The molecule has 222 valence electrons. The van der Waals surface area contributed by atoms with Crippen molar-refractivity contribution in [1.29, 1.82) is 5.26 Å². The van der Waals surface area contributed by atoms with Crippen LogP contribution in [0.2, 0.25) is 0 Å². The maximum atomic E-state index is 9.88. The lowest BCUT2D eigenvalue weighted by atomic mass is 9.87. The van der Waals surface area contributed by atoms with Crippen LogP contribution in [0.4, 0.5) is 0 Å². The average Bonchev–Trinajstić information content (AvgIpc) is 3.62. The van der Waals surface area contributed by atoms with E-state index in [-0.39, 0.29) is 5.92 Å². The molecule has 7 aromatic rings. The average molecular weight is 602 g/mol. The summed E-state index contributed by atoms with van der Waals surface area (Å²) in [4.78, 5) is 0. The number of nitriles is 1. The van der Waals surface area contributed by atoms with Gasteiger partial charge in [0.05, 0.1) is 39.6 Å². The number of allylic oxidation sites excluding steroid dienone is 5. The highest BCUT2D eigenvalue weighted by molar-refractivity contribution is 6.09. The standard InChI is InChI=1S/C44H31N3/c1-3-4-17-40-30(2)36-14-5-8-18-41(36)47(40)44-27-31(29-45)21-26-37(44)33-24-22-32(23-25-33)34-12-11-13-35(28-34)46-42-19-9-6-15-38(42)39-16-7-10-20-43(39)46/h1,4-22,24-28,32H,23H2,2H3/b17-4-. The molecule has 5 aromatic carbocycles. The number of para-hydroxylation sites is 3. The largest absolute Gasteiger partial charge is 0.309 e. The van der Waals surface area contributed by atoms with Gasteiger partial charge in [0, 0.05) is 33.3 Å². The second-order valence-electron chi connectivity index (χ2n) is 12.0. The van der Waals surface area contributed by atoms with E-state index in [0.29, 0.717) is 5.56 Å². The summed E-state index contributed by atoms with van der Waals surface area (Å²) >= 11 is 0. The van der Waals surface area contributed by atoms with Crippen LogP contribution in [0.15, 0.2) is 140 Å². The lowest BCUT2D eigenvalue weighted by Gasteiger charge is -2.21. The molecular formula is C44H31N3. The number of rotatable bonds is 5. The molecule has 0 bridgehead atoms. The second-order valence-corrected chi connectivity index (χ2v) is 12.0. The van der Waals surface area contributed by atoms with Gasteiger partial charge in [-0.2, -0.15) is 5.26 Å². The van der Waals surface area contributed by atoms with E-state index in [1.54, 1.807) is 6.08 Å². The molecule has 3 heteroatoms. The van der Waals surface area contributed by atoms with Crippen molar-refractivity contribution in [3.8, 4) is 29.8 Å². The quantitative estimate of drug-likeness (QED) is 0.181. The first-order valence-corrected chi connectivity index (χ1v) is 15.9. The van der Waals surface area contributed by atoms with Crippen LogP contribution in [0.1, 0.15) is 40.3 Å². The third-order valence-electron chi connectivity index (χ3n) is 9.43. The Morgan fingerprint density at radius 1 is 0.766 bits per heavy atom. The molecule has 0 aliphatic heterocycles. The highest BCUT2D eigenvalue weighted by Crippen LogP contribution is 2.38. The molecular weight excluding hydrogens is 571 g/mol. The maximum Gasteiger partial charge on any atom is 0.0992 e. The molecule has 0 N–H and O–H groups in total. The van der Waals surface area contributed by atoms with Crippen molar-refractivity contribution in [3.05, 3.63) is 168 Å². The molecule has 1 aliphatic rings. The summed E-state index contributed by atoms with van der Waals surface area (Å²) in [5.41, 5.74) is 11.9. The molecule has 0 saturated carbocycles. The predicted octanol–water partition coefficient (Wildman–Crippen LogP) is 10.7. The Balaban J connectivity index is 1.19. The van der Waals surface area contributed by atoms with Crippen LogP contribution >= 0.6 is 0 Å². The van der Waals surface area contributed by atoms with Crippen LogP contribution in [0.5, 0.6) is 0 Å². The Morgan fingerprint density at radius 2 is 1.45 bits per heavy atom. The van der Waals surface area contributed by atoms with Crippen molar-refractivity contribution in [3.63, 3.8) is 0 Å².